The highest BCUT2D eigenvalue weighted by molar-refractivity contribution is 7.14. The molecule has 0 spiro atoms. The van der Waals surface area contributed by atoms with Crippen molar-refractivity contribution in [3.05, 3.63) is 75.0 Å². The van der Waals surface area contributed by atoms with Gasteiger partial charge in [0.2, 0.25) is 5.91 Å². The summed E-state index contributed by atoms with van der Waals surface area (Å²) in [6, 6.07) is 9.81. The third-order valence-corrected chi connectivity index (χ3v) is 7.41. The first kappa shape index (κ1) is 25.6. The van der Waals surface area contributed by atoms with E-state index >= 15 is 0 Å². The van der Waals surface area contributed by atoms with Crippen LogP contribution in [0.15, 0.2) is 41.8 Å². The van der Waals surface area contributed by atoms with Crippen molar-refractivity contribution in [3.63, 3.8) is 0 Å². The summed E-state index contributed by atoms with van der Waals surface area (Å²) in [6.45, 7) is 4.50. The number of nitrogens with one attached hydrogen (secondary N) is 2. The third kappa shape index (κ3) is 4.54. The lowest BCUT2D eigenvalue weighted by Crippen LogP contribution is -2.65. The van der Waals surface area contributed by atoms with E-state index in [4.69, 9.17) is 11.6 Å². The van der Waals surface area contributed by atoms with Crippen LogP contribution in [-0.2, 0) is 10.2 Å². The number of hydrogen-bond acceptors (Lipinski definition) is 6. The number of thiazole rings is 1. The molecule has 1 aliphatic heterocycles. The van der Waals surface area contributed by atoms with E-state index in [1.807, 2.05) is 43.0 Å². The summed E-state index contributed by atoms with van der Waals surface area (Å²) in [7, 11) is 1.43. The van der Waals surface area contributed by atoms with E-state index in [1.54, 1.807) is 0 Å². The molecule has 1 aliphatic rings. The number of anilines is 2. The summed E-state index contributed by atoms with van der Waals surface area (Å²) in [4.78, 5) is 43.6. The van der Waals surface area contributed by atoms with Gasteiger partial charge in [0.1, 0.15) is 11.2 Å². The standard InChI is InChI=1S/C25H24ClFN4O4S/c1-13(2)14-6-4-5-7-16(14)25(11-31(12-25)24-30-20(10-36-24)22(33)34)23(35)29-19-9-18(27)17(26)8-15(19)21(32)28-3/h4-10,13H,11-12H2,1-3H3,(H,28,32)(H,29,35)(H,33,34). The van der Waals surface area contributed by atoms with Crippen molar-refractivity contribution < 1.29 is 23.9 Å². The van der Waals surface area contributed by atoms with Crippen LogP contribution in [0.2, 0.25) is 5.02 Å². The van der Waals surface area contributed by atoms with Crippen molar-refractivity contribution in [2.24, 2.45) is 0 Å². The zero-order chi connectivity index (χ0) is 26.2. The molecule has 0 bridgehead atoms. The molecule has 188 valence electrons. The molecule has 1 fully saturated rings. The molecule has 3 aromatic rings. The van der Waals surface area contributed by atoms with E-state index < -0.39 is 29.0 Å². The Hall–Kier alpha value is -3.50. The molecule has 4 rings (SSSR count). The van der Waals surface area contributed by atoms with Crippen LogP contribution in [0, 0.1) is 5.82 Å². The van der Waals surface area contributed by atoms with Gasteiger partial charge in [0.05, 0.1) is 16.3 Å². The molecule has 0 atom stereocenters. The number of amides is 2. The number of carbonyl (C=O) groups excluding carboxylic acids is 2. The molecular weight excluding hydrogens is 507 g/mol. The minimum Gasteiger partial charge on any atom is -0.476 e. The first-order chi connectivity index (χ1) is 17.1. The normalized spacial score (nSPS) is 14.3. The molecule has 2 aromatic carbocycles. The zero-order valence-corrected chi connectivity index (χ0v) is 21.3. The van der Waals surface area contributed by atoms with Crippen molar-refractivity contribution in [3.8, 4) is 0 Å². The monoisotopic (exact) mass is 530 g/mol. The SMILES string of the molecule is CNC(=O)c1cc(Cl)c(F)cc1NC(=O)C1(c2ccccc2C(C)C)CN(c2nc(C(=O)O)cs2)C1. The summed E-state index contributed by atoms with van der Waals surface area (Å²) in [5.74, 6) is -2.72. The Balaban J connectivity index is 1.74. The van der Waals surface area contributed by atoms with Gasteiger partial charge < -0.3 is 20.6 Å². The summed E-state index contributed by atoms with van der Waals surface area (Å²) < 4.78 is 14.3. The predicted octanol–water partition coefficient (Wildman–Crippen LogP) is 4.51. The first-order valence-corrected chi connectivity index (χ1v) is 12.4. The maximum Gasteiger partial charge on any atom is 0.355 e. The molecule has 3 N–H and O–H groups in total. The van der Waals surface area contributed by atoms with Crippen LogP contribution in [0.1, 0.15) is 51.7 Å². The second-order valence-electron chi connectivity index (χ2n) is 8.85. The maximum atomic E-state index is 14.3. The Kier molecular flexibility index (Phi) is 7.01. The summed E-state index contributed by atoms with van der Waals surface area (Å²) >= 11 is 7.07. The van der Waals surface area contributed by atoms with Gasteiger partial charge in [0.15, 0.2) is 10.8 Å². The molecule has 0 unspecified atom stereocenters. The van der Waals surface area contributed by atoms with Gasteiger partial charge in [-0.25, -0.2) is 14.2 Å². The van der Waals surface area contributed by atoms with Crippen molar-refractivity contribution >= 4 is 51.5 Å². The van der Waals surface area contributed by atoms with Gasteiger partial charge >= 0.3 is 5.97 Å². The largest absolute Gasteiger partial charge is 0.476 e. The van der Waals surface area contributed by atoms with Gasteiger partial charge in [-0.1, -0.05) is 49.7 Å². The number of aromatic nitrogens is 1. The number of halogens is 2. The number of aromatic carboxylic acids is 1. The topological polar surface area (TPSA) is 112 Å². The smallest absolute Gasteiger partial charge is 0.355 e. The number of carboxylic acids is 1. The molecule has 1 aromatic heterocycles. The van der Waals surface area contributed by atoms with E-state index in [0.717, 1.165) is 17.2 Å². The Morgan fingerprint density at radius 1 is 1.22 bits per heavy atom. The van der Waals surface area contributed by atoms with Gasteiger partial charge in [-0.05, 0) is 29.2 Å². The van der Waals surface area contributed by atoms with E-state index in [9.17, 15) is 23.9 Å². The highest BCUT2D eigenvalue weighted by atomic mass is 35.5. The van der Waals surface area contributed by atoms with Crippen molar-refractivity contribution in [1.29, 1.82) is 0 Å². The summed E-state index contributed by atoms with van der Waals surface area (Å²) in [5, 5.41) is 16.2. The molecular formula is C25H24ClFN4O4S. The van der Waals surface area contributed by atoms with E-state index in [0.29, 0.717) is 5.13 Å². The van der Waals surface area contributed by atoms with Crippen LogP contribution in [0.4, 0.5) is 15.2 Å². The summed E-state index contributed by atoms with van der Waals surface area (Å²) in [5.41, 5.74) is 0.708. The maximum absolute atomic E-state index is 14.3. The predicted molar refractivity (Wildman–Crippen MR) is 137 cm³/mol. The van der Waals surface area contributed by atoms with Crippen molar-refractivity contribution in [2.75, 3.05) is 30.4 Å². The molecule has 11 heteroatoms. The van der Waals surface area contributed by atoms with Crippen LogP contribution in [0.5, 0.6) is 0 Å². The third-order valence-electron chi connectivity index (χ3n) is 6.22. The fraction of sp³-hybridized carbons (Fsp3) is 0.280. The van der Waals surface area contributed by atoms with Gasteiger partial charge in [0.25, 0.3) is 5.91 Å². The molecule has 0 aliphatic carbocycles. The van der Waals surface area contributed by atoms with Gasteiger partial charge in [-0.3, -0.25) is 9.59 Å². The highest BCUT2D eigenvalue weighted by Crippen LogP contribution is 2.43. The number of rotatable bonds is 7. The highest BCUT2D eigenvalue weighted by Gasteiger charge is 2.52. The average molecular weight is 531 g/mol. The minimum atomic E-state index is -1.13. The van der Waals surface area contributed by atoms with Gasteiger partial charge in [-0.2, -0.15) is 0 Å². The minimum absolute atomic E-state index is 0.00325. The average Bonchev–Trinajstić information content (AvgIpc) is 3.30. The van der Waals surface area contributed by atoms with Crippen LogP contribution in [0.3, 0.4) is 0 Å². The number of benzene rings is 2. The molecule has 8 nitrogen and oxygen atoms in total. The zero-order valence-electron chi connectivity index (χ0n) is 19.8. The van der Waals surface area contributed by atoms with Crippen molar-refractivity contribution in [1.82, 2.24) is 10.3 Å². The Labute approximate surface area is 216 Å². The molecule has 2 heterocycles. The molecule has 36 heavy (non-hydrogen) atoms. The molecule has 0 radical (unpaired) electrons. The van der Waals surface area contributed by atoms with Crippen molar-refractivity contribution in [2.45, 2.75) is 25.2 Å². The van der Waals surface area contributed by atoms with E-state index in [2.05, 4.69) is 15.6 Å². The molecule has 2 amide bonds. The molecule has 0 saturated carbocycles. The lowest BCUT2D eigenvalue weighted by molar-refractivity contribution is -0.122. The Morgan fingerprint density at radius 2 is 1.92 bits per heavy atom. The number of hydrogen-bond donors (Lipinski definition) is 3. The van der Waals surface area contributed by atoms with Gasteiger partial charge in [0, 0.05) is 25.5 Å². The molecule has 1 saturated heterocycles. The number of nitrogens with zero attached hydrogens (tertiary/aromatic N) is 2. The van der Waals surface area contributed by atoms with E-state index in [1.165, 1.54) is 29.8 Å². The summed E-state index contributed by atoms with van der Waals surface area (Å²) in [6.07, 6.45) is 0. The van der Waals surface area contributed by atoms with Gasteiger partial charge in [-0.15, -0.1) is 11.3 Å². The van der Waals surface area contributed by atoms with Crippen LogP contribution >= 0.6 is 22.9 Å². The van der Waals surface area contributed by atoms with Crippen LogP contribution in [0.25, 0.3) is 0 Å². The first-order valence-electron chi connectivity index (χ1n) is 11.1. The Bertz CT molecular complexity index is 1350. The number of carboxylic acid groups (broad SMARTS) is 1. The fourth-order valence-corrected chi connectivity index (χ4v) is 5.30. The second kappa shape index (κ2) is 9.87. The van der Waals surface area contributed by atoms with Crippen LogP contribution in [-0.4, -0.2) is 48.0 Å². The van der Waals surface area contributed by atoms with Crippen LogP contribution < -0.4 is 15.5 Å². The quantitative estimate of drug-likeness (QED) is 0.414. The number of carbonyl (C=O) groups is 3. The Morgan fingerprint density at radius 3 is 2.53 bits per heavy atom. The second-order valence-corrected chi connectivity index (χ2v) is 10.1. The lowest BCUT2D eigenvalue weighted by Gasteiger charge is -2.50. The fourth-order valence-electron chi connectivity index (χ4n) is 4.34. The lowest BCUT2D eigenvalue weighted by atomic mass is 9.70. The van der Waals surface area contributed by atoms with E-state index in [-0.39, 0.29) is 41.0 Å².